The standard InChI is InChI=1S/C18H24N4S/c1-14-19-20-18(23-14)13-21-7-4-8-22(10-9-21)17-11-15-5-2-3-6-16(15)12-17/h2-3,5-6,17H,4,7-13H2,1H3. The van der Waals surface area contributed by atoms with E-state index >= 15 is 0 Å². The van der Waals surface area contributed by atoms with Crippen LogP contribution in [0.25, 0.3) is 0 Å². The lowest BCUT2D eigenvalue weighted by Crippen LogP contribution is -2.38. The number of nitrogens with zero attached hydrogens (tertiary/aromatic N) is 4. The summed E-state index contributed by atoms with van der Waals surface area (Å²) in [7, 11) is 0. The summed E-state index contributed by atoms with van der Waals surface area (Å²) in [6, 6.07) is 9.66. The number of aromatic nitrogens is 2. The molecule has 5 heteroatoms. The largest absolute Gasteiger partial charge is 0.298 e. The summed E-state index contributed by atoms with van der Waals surface area (Å²) in [5, 5.41) is 10.6. The lowest BCUT2D eigenvalue weighted by molar-refractivity contribution is 0.200. The minimum absolute atomic E-state index is 0.705. The van der Waals surface area contributed by atoms with Crippen LogP contribution < -0.4 is 0 Å². The second-order valence-electron chi connectivity index (χ2n) is 6.71. The average molecular weight is 328 g/mol. The van der Waals surface area contributed by atoms with Gasteiger partial charge in [0, 0.05) is 19.1 Å². The van der Waals surface area contributed by atoms with Crippen LogP contribution in [-0.4, -0.2) is 52.2 Å². The maximum Gasteiger partial charge on any atom is 0.131 e. The molecular formula is C18H24N4S. The number of rotatable bonds is 3. The summed E-state index contributed by atoms with van der Waals surface area (Å²) in [6.07, 6.45) is 3.71. The molecule has 2 aromatic rings. The molecule has 1 aromatic carbocycles. The fraction of sp³-hybridized carbons (Fsp3) is 0.556. The van der Waals surface area contributed by atoms with E-state index in [-0.39, 0.29) is 0 Å². The number of benzene rings is 1. The van der Waals surface area contributed by atoms with Crippen molar-refractivity contribution >= 4 is 11.3 Å². The van der Waals surface area contributed by atoms with Gasteiger partial charge in [0.2, 0.25) is 0 Å². The third-order valence-corrected chi connectivity index (χ3v) is 5.92. The van der Waals surface area contributed by atoms with Gasteiger partial charge in [-0.15, -0.1) is 21.5 Å². The highest BCUT2D eigenvalue weighted by Gasteiger charge is 2.28. The van der Waals surface area contributed by atoms with E-state index in [0.717, 1.165) is 23.1 Å². The number of aryl methyl sites for hydroxylation is 1. The normalized spacial score (nSPS) is 20.6. The first-order chi connectivity index (χ1) is 11.3. The molecule has 0 amide bonds. The van der Waals surface area contributed by atoms with Crippen molar-refractivity contribution in [3.8, 4) is 0 Å². The molecule has 1 fully saturated rings. The van der Waals surface area contributed by atoms with Crippen LogP contribution in [-0.2, 0) is 19.4 Å². The molecule has 0 atom stereocenters. The minimum atomic E-state index is 0.705. The highest BCUT2D eigenvalue weighted by molar-refractivity contribution is 7.11. The SMILES string of the molecule is Cc1nnc(CN2CCCN(C3Cc4ccccc4C3)CC2)s1. The van der Waals surface area contributed by atoms with Crippen molar-refractivity contribution in [3.05, 3.63) is 45.4 Å². The number of hydrogen-bond acceptors (Lipinski definition) is 5. The molecule has 2 heterocycles. The fourth-order valence-electron chi connectivity index (χ4n) is 3.90. The van der Waals surface area contributed by atoms with E-state index in [4.69, 9.17) is 0 Å². The highest BCUT2D eigenvalue weighted by Crippen LogP contribution is 2.26. The van der Waals surface area contributed by atoms with Gasteiger partial charge in [-0.3, -0.25) is 9.80 Å². The molecule has 0 bridgehead atoms. The molecule has 4 nitrogen and oxygen atoms in total. The number of fused-ring (bicyclic) bond motifs is 1. The Hall–Kier alpha value is -1.30. The molecule has 0 N–H and O–H groups in total. The maximum atomic E-state index is 4.28. The Labute approximate surface area is 142 Å². The topological polar surface area (TPSA) is 32.3 Å². The first kappa shape index (κ1) is 15.2. The second-order valence-corrected chi connectivity index (χ2v) is 7.98. The highest BCUT2D eigenvalue weighted by atomic mass is 32.1. The van der Waals surface area contributed by atoms with Gasteiger partial charge in [-0.05, 0) is 50.4 Å². The Morgan fingerprint density at radius 2 is 1.83 bits per heavy atom. The van der Waals surface area contributed by atoms with Crippen molar-refractivity contribution in [1.29, 1.82) is 0 Å². The lowest BCUT2D eigenvalue weighted by atomic mass is 10.1. The summed E-state index contributed by atoms with van der Waals surface area (Å²) in [6.45, 7) is 7.72. The van der Waals surface area contributed by atoms with E-state index in [9.17, 15) is 0 Å². The van der Waals surface area contributed by atoms with Crippen molar-refractivity contribution in [1.82, 2.24) is 20.0 Å². The van der Waals surface area contributed by atoms with E-state index in [2.05, 4.69) is 44.3 Å². The van der Waals surface area contributed by atoms with E-state index < -0.39 is 0 Å². The summed E-state index contributed by atoms with van der Waals surface area (Å²) in [5.74, 6) is 0. The van der Waals surface area contributed by atoms with Gasteiger partial charge >= 0.3 is 0 Å². The van der Waals surface area contributed by atoms with Gasteiger partial charge in [-0.2, -0.15) is 0 Å². The quantitative estimate of drug-likeness (QED) is 0.867. The zero-order valence-electron chi connectivity index (χ0n) is 13.7. The Morgan fingerprint density at radius 1 is 1.04 bits per heavy atom. The zero-order chi connectivity index (χ0) is 15.6. The van der Waals surface area contributed by atoms with Gasteiger partial charge in [0.05, 0.1) is 6.54 Å². The van der Waals surface area contributed by atoms with E-state index in [1.807, 2.05) is 6.92 Å². The van der Waals surface area contributed by atoms with Crippen LogP contribution >= 0.6 is 11.3 Å². The van der Waals surface area contributed by atoms with Crippen LogP contribution in [0.3, 0.4) is 0 Å². The van der Waals surface area contributed by atoms with Crippen molar-refractivity contribution < 1.29 is 0 Å². The summed E-state index contributed by atoms with van der Waals surface area (Å²) >= 11 is 1.73. The van der Waals surface area contributed by atoms with Crippen molar-refractivity contribution in [2.45, 2.75) is 38.8 Å². The predicted octanol–water partition coefficient (Wildman–Crippen LogP) is 2.52. The Morgan fingerprint density at radius 3 is 2.52 bits per heavy atom. The zero-order valence-corrected chi connectivity index (χ0v) is 14.6. The molecule has 23 heavy (non-hydrogen) atoms. The monoisotopic (exact) mass is 328 g/mol. The van der Waals surface area contributed by atoms with E-state index in [0.29, 0.717) is 6.04 Å². The molecule has 122 valence electrons. The molecule has 2 aliphatic rings. The van der Waals surface area contributed by atoms with Crippen molar-refractivity contribution in [3.63, 3.8) is 0 Å². The molecule has 0 spiro atoms. The van der Waals surface area contributed by atoms with E-state index in [1.54, 1.807) is 22.5 Å². The summed E-state index contributed by atoms with van der Waals surface area (Å²) in [5.41, 5.74) is 3.12. The lowest BCUT2D eigenvalue weighted by Gasteiger charge is -2.27. The van der Waals surface area contributed by atoms with Crippen LogP contribution in [0.5, 0.6) is 0 Å². The van der Waals surface area contributed by atoms with Crippen LogP contribution in [0, 0.1) is 6.92 Å². The third-order valence-electron chi connectivity index (χ3n) is 5.10. The molecule has 1 aliphatic carbocycles. The van der Waals surface area contributed by atoms with Gasteiger partial charge < -0.3 is 0 Å². The maximum absolute atomic E-state index is 4.28. The fourth-order valence-corrected chi connectivity index (χ4v) is 4.65. The smallest absolute Gasteiger partial charge is 0.131 e. The summed E-state index contributed by atoms with van der Waals surface area (Å²) < 4.78 is 0. The molecular weight excluding hydrogens is 304 g/mol. The van der Waals surface area contributed by atoms with Gasteiger partial charge in [0.15, 0.2) is 0 Å². The van der Waals surface area contributed by atoms with Crippen molar-refractivity contribution in [2.75, 3.05) is 26.2 Å². The Bertz CT molecular complexity index is 644. The third kappa shape index (κ3) is 3.47. The Kier molecular flexibility index (Phi) is 4.42. The van der Waals surface area contributed by atoms with Crippen LogP contribution in [0.1, 0.15) is 27.6 Å². The molecule has 1 aromatic heterocycles. The molecule has 0 saturated carbocycles. The van der Waals surface area contributed by atoms with E-state index in [1.165, 1.54) is 38.9 Å². The van der Waals surface area contributed by atoms with Crippen LogP contribution in [0.4, 0.5) is 0 Å². The molecule has 1 saturated heterocycles. The molecule has 4 rings (SSSR count). The first-order valence-corrected chi connectivity index (χ1v) is 9.42. The minimum Gasteiger partial charge on any atom is -0.298 e. The predicted molar refractivity (Wildman–Crippen MR) is 93.8 cm³/mol. The van der Waals surface area contributed by atoms with Gasteiger partial charge in [-0.1, -0.05) is 24.3 Å². The number of hydrogen-bond donors (Lipinski definition) is 0. The molecule has 0 radical (unpaired) electrons. The van der Waals surface area contributed by atoms with Gasteiger partial charge in [0.25, 0.3) is 0 Å². The van der Waals surface area contributed by atoms with Crippen LogP contribution in [0.15, 0.2) is 24.3 Å². The summed E-state index contributed by atoms with van der Waals surface area (Å²) in [4.78, 5) is 5.26. The molecule has 0 unspecified atom stereocenters. The average Bonchev–Trinajstić information content (AvgIpc) is 3.08. The first-order valence-electron chi connectivity index (χ1n) is 8.60. The molecule has 1 aliphatic heterocycles. The van der Waals surface area contributed by atoms with Crippen LogP contribution in [0.2, 0.25) is 0 Å². The second kappa shape index (κ2) is 6.67. The Balaban J connectivity index is 1.35. The van der Waals surface area contributed by atoms with Crippen molar-refractivity contribution in [2.24, 2.45) is 0 Å². The van der Waals surface area contributed by atoms with Gasteiger partial charge in [-0.25, -0.2) is 0 Å². The van der Waals surface area contributed by atoms with Gasteiger partial charge in [0.1, 0.15) is 10.0 Å².